The molecular formula is C24H18N6O2. The van der Waals surface area contributed by atoms with E-state index in [1.165, 1.54) is 0 Å². The van der Waals surface area contributed by atoms with E-state index >= 15 is 0 Å². The summed E-state index contributed by atoms with van der Waals surface area (Å²) >= 11 is 0. The van der Waals surface area contributed by atoms with Crippen LogP contribution in [-0.4, -0.2) is 30.9 Å². The van der Waals surface area contributed by atoms with Crippen molar-refractivity contribution in [3.05, 3.63) is 96.4 Å². The van der Waals surface area contributed by atoms with Crippen LogP contribution in [0.15, 0.2) is 85.1 Å². The maximum absolute atomic E-state index is 12.6. The summed E-state index contributed by atoms with van der Waals surface area (Å²) in [6, 6.07) is 23.7. The predicted octanol–water partition coefficient (Wildman–Crippen LogP) is 4.56. The topological polar surface area (TPSA) is 94.8 Å². The zero-order valence-corrected chi connectivity index (χ0v) is 17.1. The van der Waals surface area contributed by atoms with Gasteiger partial charge in [0.05, 0.1) is 11.2 Å². The molecule has 0 aliphatic heterocycles. The lowest BCUT2D eigenvalue weighted by atomic mass is 10.2. The van der Waals surface area contributed by atoms with E-state index in [4.69, 9.17) is 4.74 Å². The average Bonchev–Trinajstić information content (AvgIpc) is 3.27. The Labute approximate surface area is 183 Å². The molecule has 5 aromatic rings. The van der Waals surface area contributed by atoms with Gasteiger partial charge in [-0.2, -0.15) is 5.10 Å². The molecular weight excluding hydrogens is 404 g/mol. The van der Waals surface area contributed by atoms with Crippen molar-refractivity contribution in [1.82, 2.24) is 25.0 Å². The van der Waals surface area contributed by atoms with Crippen LogP contribution in [0.1, 0.15) is 16.2 Å². The number of nitrogens with one attached hydrogen (secondary N) is 1. The molecule has 0 bridgehead atoms. The van der Waals surface area contributed by atoms with Gasteiger partial charge in [0.15, 0.2) is 5.82 Å². The van der Waals surface area contributed by atoms with Gasteiger partial charge in [-0.15, -0.1) is 10.2 Å². The number of para-hydroxylation sites is 1. The Kier molecular flexibility index (Phi) is 5.01. The minimum atomic E-state index is -0.278. The molecule has 1 N–H and O–H groups in total. The SMILES string of the molecule is Cc1ccn(-c2ccc(Oc3ccc(NC(=O)c4ccc5ccccc5n4)cc3)nn2)n1. The number of aryl methyl sites for hydroxylation is 1. The Morgan fingerprint density at radius 3 is 2.50 bits per heavy atom. The molecule has 0 saturated carbocycles. The lowest BCUT2D eigenvalue weighted by Crippen LogP contribution is -2.13. The first-order valence-electron chi connectivity index (χ1n) is 9.95. The summed E-state index contributed by atoms with van der Waals surface area (Å²) in [5.74, 6) is 1.25. The van der Waals surface area contributed by atoms with E-state index in [0.717, 1.165) is 16.6 Å². The van der Waals surface area contributed by atoms with Crippen LogP contribution in [-0.2, 0) is 0 Å². The fourth-order valence-corrected chi connectivity index (χ4v) is 3.15. The number of aromatic nitrogens is 5. The summed E-state index contributed by atoms with van der Waals surface area (Å²) in [5.41, 5.74) is 2.66. The van der Waals surface area contributed by atoms with Crippen molar-refractivity contribution in [2.45, 2.75) is 6.92 Å². The predicted molar refractivity (Wildman–Crippen MR) is 120 cm³/mol. The first kappa shape index (κ1) is 19.4. The molecule has 156 valence electrons. The Morgan fingerprint density at radius 2 is 1.75 bits per heavy atom. The normalized spacial score (nSPS) is 10.8. The van der Waals surface area contributed by atoms with Crippen LogP contribution >= 0.6 is 0 Å². The second kappa shape index (κ2) is 8.27. The highest BCUT2D eigenvalue weighted by Gasteiger charge is 2.09. The van der Waals surface area contributed by atoms with E-state index in [0.29, 0.717) is 28.8 Å². The average molecular weight is 422 g/mol. The summed E-state index contributed by atoms with van der Waals surface area (Å²) in [5, 5.41) is 16.3. The fourth-order valence-electron chi connectivity index (χ4n) is 3.15. The number of anilines is 1. The monoisotopic (exact) mass is 422 g/mol. The van der Waals surface area contributed by atoms with E-state index in [1.54, 1.807) is 47.1 Å². The van der Waals surface area contributed by atoms with Gasteiger partial charge >= 0.3 is 0 Å². The van der Waals surface area contributed by atoms with Crippen LogP contribution in [0, 0.1) is 6.92 Å². The molecule has 3 aromatic heterocycles. The largest absolute Gasteiger partial charge is 0.438 e. The quantitative estimate of drug-likeness (QED) is 0.446. The number of benzene rings is 2. The van der Waals surface area contributed by atoms with E-state index in [9.17, 15) is 4.79 Å². The van der Waals surface area contributed by atoms with Gasteiger partial charge in [0.2, 0.25) is 5.88 Å². The van der Waals surface area contributed by atoms with E-state index < -0.39 is 0 Å². The molecule has 3 heterocycles. The Balaban J connectivity index is 1.24. The molecule has 0 fully saturated rings. The summed E-state index contributed by atoms with van der Waals surface area (Å²) in [7, 11) is 0. The van der Waals surface area contributed by atoms with E-state index in [2.05, 4.69) is 25.6 Å². The summed E-state index contributed by atoms with van der Waals surface area (Å²) in [6.07, 6.45) is 1.82. The Hall–Kier alpha value is -4.59. The summed E-state index contributed by atoms with van der Waals surface area (Å²) in [6.45, 7) is 1.91. The summed E-state index contributed by atoms with van der Waals surface area (Å²) in [4.78, 5) is 17.0. The van der Waals surface area contributed by atoms with Crippen molar-refractivity contribution in [1.29, 1.82) is 0 Å². The van der Waals surface area contributed by atoms with Crippen molar-refractivity contribution in [2.24, 2.45) is 0 Å². The fraction of sp³-hybridized carbons (Fsp3) is 0.0417. The molecule has 2 aromatic carbocycles. The highest BCUT2D eigenvalue weighted by atomic mass is 16.5. The van der Waals surface area contributed by atoms with Crippen LogP contribution in [0.25, 0.3) is 16.7 Å². The number of hydrogen-bond donors (Lipinski definition) is 1. The molecule has 0 unspecified atom stereocenters. The molecule has 0 atom stereocenters. The molecule has 8 heteroatoms. The van der Waals surface area contributed by atoms with Crippen molar-refractivity contribution in [3.8, 4) is 17.4 Å². The molecule has 0 aliphatic carbocycles. The van der Waals surface area contributed by atoms with Crippen LogP contribution in [0.5, 0.6) is 11.6 Å². The van der Waals surface area contributed by atoms with E-state index in [1.807, 2.05) is 49.5 Å². The Morgan fingerprint density at radius 1 is 0.906 bits per heavy atom. The third-order valence-electron chi connectivity index (χ3n) is 4.75. The van der Waals surface area contributed by atoms with Crippen molar-refractivity contribution in [2.75, 3.05) is 5.32 Å². The van der Waals surface area contributed by atoms with Gasteiger partial charge in [0.25, 0.3) is 5.91 Å². The number of carbonyl (C=O) groups excluding carboxylic acids is 1. The van der Waals surface area contributed by atoms with Crippen molar-refractivity contribution < 1.29 is 9.53 Å². The summed E-state index contributed by atoms with van der Waals surface area (Å²) < 4.78 is 7.39. The number of hydrogen-bond acceptors (Lipinski definition) is 6. The molecule has 8 nitrogen and oxygen atoms in total. The molecule has 0 aliphatic rings. The standard InChI is InChI=1S/C24H18N6O2/c1-16-14-15-30(29-16)22-12-13-23(28-27-22)32-19-9-7-18(8-10-19)25-24(31)21-11-6-17-4-2-3-5-20(17)26-21/h2-15H,1H3,(H,25,31). The molecule has 0 spiro atoms. The third-order valence-corrected chi connectivity index (χ3v) is 4.75. The van der Waals surface area contributed by atoms with Gasteiger partial charge in [0, 0.05) is 23.3 Å². The number of pyridine rings is 1. The van der Waals surface area contributed by atoms with Gasteiger partial charge in [-0.1, -0.05) is 24.3 Å². The second-order valence-electron chi connectivity index (χ2n) is 7.10. The van der Waals surface area contributed by atoms with Gasteiger partial charge in [-0.05, 0) is 55.5 Å². The van der Waals surface area contributed by atoms with Gasteiger partial charge in [-0.25, -0.2) is 9.67 Å². The zero-order valence-electron chi connectivity index (χ0n) is 17.1. The minimum Gasteiger partial charge on any atom is -0.438 e. The highest BCUT2D eigenvalue weighted by molar-refractivity contribution is 6.04. The number of nitrogens with zero attached hydrogens (tertiary/aromatic N) is 5. The van der Waals surface area contributed by atoms with Gasteiger partial charge in [0.1, 0.15) is 11.4 Å². The number of amides is 1. The number of carbonyl (C=O) groups is 1. The zero-order chi connectivity index (χ0) is 21.9. The molecule has 0 saturated heterocycles. The smallest absolute Gasteiger partial charge is 0.274 e. The second-order valence-corrected chi connectivity index (χ2v) is 7.10. The Bertz CT molecular complexity index is 1390. The lowest BCUT2D eigenvalue weighted by molar-refractivity contribution is 0.102. The molecule has 0 radical (unpaired) electrons. The first-order valence-corrected chi connectivity index (χ1v) is 9.95. The van der Waals surface area contributed by atoms with Crippen LogP contribution < -0.4 is 10.1 Å². The molecule has 1 amide bonds. The maximum Gasteiger partial charge on any atom is 0.274 e. The molecule has 5 rings (SSSR count). The van der Waals surface area contributed by atoms with Crippen molar-refractivity contribution >= 4 is 22.5 Å². The van der Waals surface area contributed by atoms with Crippen molar-refractivity contribution in [3.63, 3.8) is 0 Å². The number of ether oxygens (including phenoxy) is 1. The number of rotatable bonds is 5. The minimum absolute atomic E-state index is 0.278. The number of fused-ring (bicyclic) bond motifs is 1. The lowest BCUT2D eigenvalue weighted by Gasteiger charge is -2.08. The van der Waals surface area contributed by atoms with Crippen LogP contribution in [0.3, 0.4) is 0 Å². The first-order chi connectivity index (χ1) is 15.6. The van der Waals surface area contributed by atoms with Crippen LogP contribution in [0.4, 0.5) is 5.69 Å². The third kappa shape index (κ3) is 4.15. The highest BCUT2D eigenvalue weighted by Crippen LogP contribution is 2.22. The van der Waals surface area contributed by atoms with Gasteiger partial charge < -0.3 is 10.1 Å². The van der Waals surface area contributed by atoms with Crippen LogP contribution in [0.2, 0.25) is 0 Å². The maximum atomic E-state index is 12.6. The molecule has 32 heavy (non-hydrogen) atoms. The van der Waals surface area contributed by atoms with E-state index in [-0.39, 0.29) is 5.91 Å². The van der Waals surface area contributed by atoms with Gasteiger partial charge in [-0.3, -0.25) is 4.79 Å².